The van der Waals surface area contributed by atoms with Crippen molar-refractivity contribution >= 4 is 0 Å². The number of rotatable bonds is 1. The molecule has 94 valence electrons. The minimum atomic E-state index is -0.717. The third-order valence-corrected chi connectivity index (χ3v) is 2.88. The Kier molecular flexibility index (Phi) is 3.14. The Balaban J connectivity index is 2.32. The van der Waals surface area contributed by atoms with E-state index in [1.807, 2.05) is 0 Å². The molecule has 1 aliphatic rings. The van der Waals surface area contributed by atoms with Gasteiger partial charge in [0.05, 0.1) is 12.7 Å². The van der Waals surface area contributed by atoms with E-state index >= 15 is 0 Å². The number of ether oxygens (including phenoxy) is 1. The lowest BCUT2D eigenvalue weighted by atomic mass is 10.1. The highest BCUT2D eigenvalue weighted by molar-refractivity contribution is 5.01. The lowest BCUT2D eigenvalue weighted by Crippen LogP contribution is -2.47. The molecule has 0 saturated carbocycles. The summed E-state index contributed by atoms with van der Waals surface area (Å²) in [4.78, 5) is 25.0. The highest BCUT2D eigenvalue weighted by Crippen LogP contribution is 2.20. The molecule has 0 amide bonds. The number of aliphatic hydroxyl groups is 1. The average Bonchev–Trinajstić information content (AvgIpc) is 2.27. The van der Waals surface area contributed by atoms with Gasteiger partial charge in [-0.1, -0.05) is 0 Å². The van der Waals surface area contributed by atoms with Crippen LogP contribution in [-0.2, 0) is 4.74 Å². The SMILES string of the molecule is Cc1cn([C@H]2C[C@@H](N)[C@H](O)CO2)c(=O)[nH]c1=O. The molecule has 0 aliphatic carbocycles. The molecule has 4 N–H and O–H groups in total. The second-order valence-corrected chi connectivity index (χ2v) is 4.23. The van der Waals surface area contributed by atoms with E-state index in [9.17, 15) is 14.7 Å². The van der Waals surface area contributed by atoms with Crippen LogP contribution in [0.3, 0.4) is 0 Å². The third-order valence-electron chi connectivity index (χ3n) is 2.88. The number of hydrogen-bond acceptors (Lipinski definition) is 5. The fraction of sp³-hybridized carbons (Fsp3) is 0.600. The highest BCUT2D eigenvalue weighted by atomic mass is 16.5. The van der Waals surface area contributed by atoms with Crippen LogP contribution in [0.25, 0.3) is 0 Å². The zero-order valence-corrected chi connectivity index (χ0v) is 9.42. The van der Waals surface area contributed by atoms with Crippen LogP contribution in [0, 0.1) is 6.92 Å². The van der Waals surface area contributed by atoms with Crippen molar-refractivity contribution in [1.82, 2.24) is 9.55 Å². The van der Waals surface area contributed by atoms with Gasteiger partial charge in [0.15, 0.2) is 0 Å². The Morgan fingerprint density at radius 1 is 1.59 bits per heavy atom. The van der Waals surface area contributed by atoms with Gasteiger partial charge in [0.25, 0.3) is 5.56 Å². The quantitative estimate of drug-likeness (QED) is 0.551. The first-order chi connectivity index (χ1) is 7.99. The molecule has 7 nitrogen and oxygen atoms in total. The summed E-state index contributed by atoms with van der Waals surface area (Å²) >= 11 is 0. The van der Waals surface area contributed by atoms with Crippen LogP contribution in [0.2, 0.25) is 0 Å². The van der Waals surface area contributed by atoms with Crippen molar-refractivity contribution in [3.05, 3.63) is 32.6 Å². The van der Waals surface area contributed by atoms with E-state index in [1.165, 1.54) is 10.8 Å². The number of hydrogen-bond donors (Lipinski definition) is 3. The third kappa shape index (κ3) is 2.31. The molecule has 1 aromatic heterocycles. The summed E-state index contributed by atoms with van der Waals surface area (Å²) in [5.41, 5.74) is 5.19. The predicted molar refractivity (Wildman–Crippen MR) is 59.6 cm³/mol. The molecule has 3 atom stereocenters. The van der Waals surface area contributed by atoms with Gasteiger partial charge in [-0.05, 0) is 6.92 Å². The first-order valence-corrected chi connectivity index (χ1v) is 5.36. The van der Waals surface area contributed by atoms with Crippen molar-refractivity contribution in [2.45, 2.75) is 31.7 Å². The molecule has 2 heterocycles. The van der Waals surface area contributed by atoms with Crippen LogP contribution in [-0.4, -0.2) is 33.4 Å². The molecule has 0 bridgehead atoms. The van der Waals surface area contributed by atoms with E-state index in [4.69, 9.17) is 10.5 Å². The first kappa shape index (κ1) is 12.0. The molecule has 0 aromatic carbocycles. The number of H-pyrrole nitrogens is 1. The smallest absolute Gasteiger partial charge is 0.330 e. The Morgan fingerprint density at radius 2 is 2.29 bits per heavy atom. The summed E-state index contributed by atoms with van der Waals surface area (Å²) in [5, 5.41) is 9.42. The lowest BCUT2D eigenvalue weighted by molar-refractivity contribution is -0.0999. The van der Waals surface area contributed by atoms with Crippen molar-refractivity contribution in [1.29, 1.82) is 0 Å². The standard InChI is InChI=1S/C10H15N3O4/c1-5-3-13(10(16)12-9(5)15)8-2-6(11)7(14)4-17-8/h3,6-8,14H,2,4,11H2,1H3,(H,12,15,16)/t6-,7-,8-/m1/s1. The number of aryl methyl sites for hydroxylation is 1. The summed E-state index contributed by atoms with van der Waals surface area (Å²) in [7, 11) is 0. The zero-order chi connectivity index (χ0) is 12.6. The summed E-state index contributed by atoms with van der Waals surface area (Å²) in [6.07, 6.45) is 0.505. The molecule has 2 rings (SSSR count). The maximum atomic E-state index is 11.6. The summed E-state index contributed by atoms with van der Waals surface area (Å²) in [6, 6.07) is -0.437. The van der Waals surface area contributed by atoms with Gasteiger partial charge in [0.2, 0.25) is 0 Å². The van der Waals surface area contributed by atoms with Gasteiger partial charge in [-0.2, -0.15) is 0 Å². The number of aromatic nitrogens is 2. The lowest BCUT2D eigenvalue weighted by Gasteiger charge is -2.32. The largest absolute Gasteiger partial charge is 0.389 e. The van der Waals surface area contributed by atoms with Crippen LogP contribution >= 0.6 is 0 Å². The molecule has 0 radical (unpaired) electrons. The highest BCUT2D eigenvalue weighted by Gasteiger charge is 2.28. The number of aromatic amines is 1. The van der Waals surface area contributed by atoms with E-state index in [-0.39, 0.29) is 6.61 Å². The fourth-order valence-electron chi connectivity index (χ4n) is 1.79. The van der Waals surface area contributed by atoms with Crippen LogP contribution in [0.4, 0.5) is 0 Å². The molecular weight excluding hydrogens is 226 g/mol. The summed E-state index contributed by atoms with van der Waals surface area (Å²) < 4.78 is 6.63. The Hall–Kier alpha value is -1.44. The first-order valence-electron chi connectivity index (χ1n) is 5.36. The van der Waals surface area contributed by atoms with E-state index in [0.29, 0.717) is 12.0 Å². The van der Waals surface area contributed by atoms with Crippen molar-refractivity contribution in [2.75, 3.05) is 6.61 Å². The second-order valence-electron chi connectivity index (χ2n) is 4.23. The Bertz CT molecular complexity index is 521. The topological polar surface area (TPSA) is 110 Å². The van der Waals surface area contributed by atoms with Gasteiger partial charge in [0.1, 0.15) is 6.23 Å². The molecule has 7 heteroatoms. The normalized spacial score (nSPS) is 29.2. The number of aliphatic hydroxyl groups excluding tert-OH is 1. The molecule has 17 heavy (non-hydrogen) atoms. The number of nitrogens with one attached hydrogen (secondary N) is 1. The Morgan fingerprint density at radius 3 is 2.94 bits per heavy atom. The van der Waals surface area contributed by atoms with Crippen LogP contribution in [0.1, 0.15) is 18.2 Å². The van der Waals surface area contributed by atoms with Gasteiger partial charge >= 0.3 is 5.69 Å². The minimum absolute atomic E-state index is 0.0798. The zero-order valence-electron chi connectivity index (χ0n) is 9.42. The van der Waals surface area contributed by atoms with Crippen molar-refractivity contribution < 1.29 is 9.84 Å². The summed E-state index contributed by atoms with van der Waals surface area (Å²) in [5.74, 6) is 0. The predicted octanol–water partition coefficient (Wildman–Crippen LogP) is -1.55. The average molecular weight is 241 g/mol. The molecule has 1 saturated heterocycles. The molecule has 0 unspecified atom stereocenters. The van der Waals surface area contributed by atoms with Gasteiger partial charge in [-0.15, -0.1) is 0 Å². The van der Waals surface area contributed by atoms with Crippen molar-refractivity contribution in [3.8, 4) is 0 Å². The maximum Gasteiger partial charge on any atom is 0.330 e. The molecule has 0 spiro atoms. The van der Waals surface area contributed by atoms with E-state index < -0.39 is 29.6 Å². The molecule has 1 fully saturated rings. The molecule has 1 aromatic rings. The maximum absolute atomic E-state index is 11.6. The summed E-state index contributed by atoms with van der Waals surface area (Å²) in [6.45, 7) is 1.68. The molecular formula is C10H15N3O4. The van der Waals surface area contributed by atoms with Crippen molar-refractivity contribution in [2.24, 2.45) is 5.73 Å². The van der Waals surface area contributed by atoms with Crippen LogP contribution < -0.4 is 17.0 Å². The fourth-order valence-corrected chi connectivity index (χ4v) is 1.79. The van der Waals surface area contributed by atoms with Crippen LogP contribution in [0.5, 0.6) is 0 Å². The van der Waals surface area contributed by atoms with Gasteiger partial charge < -0.3 is 15.6 Å². The van der Waals surface area contributed by atoms with Crippen molar-refractivity contribution in [3.63, 3.8) is 0 Å². The van der Waals surface area contributed by atoms with Crippen LogP contribution in [0.15, 0.2) is 15.8 Å². The monoisotopic (exact) mass is 241 g/mol. The van der Waals surface area contributed by atoms with E-state index in [0.717, 1.165) is 0 Å². The second kappa shape index (κ2) is 4.44. The number of nitrogens with two attached hydrogens (primary N) is 1. The Labute approximate surface area is 96.8 Å². The molecule has 1 aliphatic heterocycles. The van der Waals surface area contributed by atoms with Gasteiger partial charge in [-0.25, -0.2) is 4.79 Å². The van der Waals surface area contributed by atoms with E-state index in [1.54, 1.807) is 6.92 Å². The van der Waals surface area contributed by atoms with Gasteiger partial charge in [0, 0.05) is 24.2 Å². The van der Waals surface area contributed by atoms with Gasteiger partial charge in [-0.3, -0.25) is 14.3 Å². The van der Waals surface area contributed by atoms with E-state index in [2.05, 4.69) is 4.98 Å². The number of nitrogens with zero attached hydrogens (tertiary/aromatic N) is 1. The minimum Gasteiger partial charge on any atom is -0.389 e.